The van der Waals surface area contributed by atoms with E-state index in [2.05, 4.69) is 5.32 Å². The summed E-state index contributed by atoms with van der Waals surface area (Å²) >= 11 is 0. The molecule has 0 unspecified atom stereocenters. The molecule has 1 amide bonds. The minimum Gasteiger partial charge on any atom is -0.368 e. The van der Waals surface area contributed by atoms with Crippen LogP contribution in [-0.2, 0) is 9.53 Å². The molecule has 4 nitrogen and oxygen atoms in total. The second-order valence-electron chi connectivity index (χ2n) is 5.30. The molecule has 0 aromatic rings. The first kappa shape index (κ1) is 12.8. The zero-order chi connectivity index (χ0) is 12.3. The van der Waals surface area contributed by atoms with Gasteiger partial charge in [-0.05, 0) is 38.8 Å². The molecule has 2 fully saturated rings. The number of carbonyl (C=O) groups is 1. The Morgan fingerprint density at radius 3 is 2.41 bits per heavy atom. The first-order chi connectivity index (χ1) is 8.19. The van der Waals surface area contributed by atoms with Crippen molar-refractivity contribution in [2.75, 3.05) is 27.2 Å². The van der Waals surface area contributed by atoms with Gasteiger partial charge in [0.05, 0.1) is 0 Å². The minimum absolute atomic E-state index is 0.188. The number of hydrogen-bond donors (Lipinski definition) is 1. The number of nitrogens with one attached hydrogen (secondary N) is 1. The molecule has 98 valence electrons. The summed E-state index contributed by atoms with van der Waals surface area (Å²) in [7, 11) is 3.62. The van der Waals surface area contributed by atoms with Crippen LogP contribution in [0.15, 0.2) is 0 Å². The van der Waals surface area contributed by atoms with Gasteiger partial charge in [-0.2, -0.15) is 0 Å². The highest BCUT2D eigenvalue weighted by molar-refractivity contribution is 5.85. The van der Waals surface area contributed by atoms with Crippen molar-refractivity contribution >= 4 is 5.91 Å². The molecule has 0 aromatic carbocycles. The Balaban J connectivity index is 2.04. The van der Waals surface area contributed by atoms with Crippen molar-refractivity contribution < 1.29 is 9.53 Å². The van der Waals surface area contributed by atoms with Crippen molar-refractivity contribution in [3.8, 4) is 0 Å². The molecule has 2 aliphatic rings. The molecule has 1 saturated carbocycles. The molecule has 0 aromatic heterocycles. The van der Waals surface area contributed by atoms with Crippen LogP contribution in [0, 0.1) is 0 Å². The summed E-state index contributed by atoms with van der Waals surface area (Å²) < 4.78 is 5.59. The van der Waals surface area contributed by atoms with E-state index in [4.69, 9.17) is 4.74 Å². The normalized spacial score (nSPS) is 24.8. The Morgan fingerprint density at radius 1 is 1.29 bits per heavy atom. The number of piperidine rings is 1. The van der Waals surface area contributed by atoms with Gasteiger partial charge < -0.3 is 15.0 Å². The molecule has 2 rings (SSSR count). The van der Waals surface area contributed by atoms with E-state index in [1.807, 2.05) is 11.9 Å². The highest BCUT2D eigenvalue weighted by Gasteiger charge is 2.43. The number of nitrogens with zero attached hydrogens (tertiary/aromatic N) is 1. The van der Waals surface area contributed by atoms with Crippen molar-refractivity contribution in [1.29, 1.82) is 0 Å². The number of rotatable bonds is 3. The van der Waals surface area contributed by atoms with Gasteiger partial charge in [0.1, 0.15) is 5.60 Å². The molecule has 0 radical (unpaired) electrons. The van der Waals surface area contributed by atoms with Crippen molar-refractivity contribution in [3.05, 3.63) is 0 Å². The Morgan fingerprint density at radius 2 is 1.88 bits per heavy atom. The molecular weight excluding hydrogens is 216 g/mol. The molecule has 1 aliphatic heterocycles. The van der Waals surface area contributed by atoms with E-state index in [0.717, 1.165) is 38.8 Å². The minimum atomic E-state index is -0.567. The Labute approximate surface area is 104 Å². The van der Waals surface area contributed by atoms with Gasteiger partial charge in [-0.1, -0.05) is 12.8 Å². The maximum absolute atomic E-state index is 12.6. The zero-order valence-corrected chi connectivity index (χ0v) is 11.0. The molecule has 0 bridgehead atoms. The fourth-order valence-corrected chi connectivity index (χ4v) is 3.11. The predicted octanol–water partition coefficient (Wildman–Crippen LogP) is 1.16. The van der Waals surface area contributed by atoms with Crippen LogP contribution < -0.4 is 5.32 Å². The van der Waals surface area contributed by atoms with E-state index in [1.54, 1.807) is 7.11 Å². The lowest BCUT2D eigenvalue weighted by molar-refractivity contribution is -0.159. The quantitative estimate of drug-likeness (QED) is 0.805. The Bertz CT molecular complexity index is 269. The molecule has 4 heteroatoms. The summed E-state index contributed by atoms with van der Waals surface area (Å²) in [6.45, 7) is 1.75. The zero-order valence-electron chi connectivity index (χ0n) is 11.0. The maximum atomic E-state index is 12.6. The third-order valence-electron chi connectivity index (χ3n) is 4.38. The topological polar surface area (TPSA) is 41.6 Å². The fraction of sp³-hybridized carbons (Fsp3) is 0.923. The molecule has 1 aliphatic carbocycles. The lowest BCUT2D eigenvalue weighted by Gasteiger charge is -2.39. The Hall–Kier alpha value is -0.610. The largest absolute Gasteiger partial charge is 0.368 e. The molecule has 0 atom stereocenters. The smallest absolute Gasteiger partial charge is 0.254 e. The van der Waals surface area contributed by atoms with Crippen LogP contribution in [0.4, 0.5) is 0 Å². The standard InChI is InChI=1S/C13H24N2O2/c1-15(11-5-3-4-6-11)12(16)13(17-2)7-9-14-10-8-13/h11,14H,3-10H2,1-2H3. The number of hydrogen-bond acceptors (Lipinski definition) is 3. The number of ether oxygens (including phenoxy) is 1. The van der Waals surface area contributed by atoms with E-state index in [-0.39, 0.29) is 5.91 Å². The van der Waals surface area contributed by atoms with Crippen molar-refractivity contribution in [2.24, 2.45) is 0 Å². The van der Waals surface area contributed by atoms with E-state index in [1.165, 1.54) is 12.8 Å². The highest BCUT2D eigenvalue weighted by Crippen LogP contribution is 2.29. The summed E-state index contributed by atoms with van der Waals surface area (Å²) in [6, 6.07) is 0.435. The predicted molar refractivity (Wildman–Crippen MR) is 66.9 cm³/mol. The summed E-state index contributed by atoms with van der Waals surface area (Å²) in [5.74, 6) is 0.188. The van der Waals surface area contributed by atoms with Crippen LogP contribution in [0.2, 0.25) is 0 Å². The lowest BCUT2D eigenvalue weighted by Crippen LogP contribution is -2.56. The van der Waals surface area contributed by atoms with Gasteiger partial charge in [0, 0.05) is 20.2 Å². The maximum Gasteiger partial charge on any atom is 0.254 e. The first-order valence-corrected chi connectivity index (χ1v) is 6.73. The van der Waals surface area contributed by atoms with Crippen molar-refractivity contribution in [1.82, 2.24) is 10.2 Å². The molecule has 1 saturated heterocycles. The number of amides is 1. The number of carbonyl (C=O) groups excluding carboxylic acids is 1. The summed E-state index contributed by atoms with van der Waals surface area (Å²) in [6.07, 6.45) is 6.40. The number of methoxy groups -OCH3 is 1. The average molecular weight is 240 g/mol. The van der Waals surface area contributed by atoms with Gasteiger partial charge in [-0.15, -0.1) is 0 Å². The lowest BCUT2D eigenvalue weighted by atomic mass is 9.90. The van der Waals surface area contributed by atoms with Crippen LogP contribution in [-0.4, -0.2) is 49.7 Å². The van der Waals surface area contributed by atoms with E-state index in [9.17, 15) is 4.79 Å². The van der Waals surface area contributed by atoms with Gasteiger partial charge in [-0.25, -0.2) is 0 Å². The van der Waals surface area contributed by atoms with Crippen LogP contribution in [0.3, 0.4) is 0 Å². The molecule has 17 heavy (non-hydrogen) atoms. The van der Waals surface area contributed by atoms with Crippen LogP contribution in [0.5, 0.6) is 0 Å². The van der Waals surface area contributed by atoms with E-state index >= 15 is 0 Å². The third-order valence-corrected chi connectivity index (χ3v) is 4.38. The highest BCUT2D eigenvalue weighted by atomic mass is 16.5. The van der Waals surface area contributed by atoms with Gasteiger partial charge in [0.15, 0.2) is 0 Å². The van der Waals surface area contributed by atoms with E-state index < -0.39 is 5.60 Å². The number of likely N-dealkylation sites (N-methyl/N-ethyl adjacent to an activating group) is 1. The SMILES string of the molecule is COC1(C(=O)N(C)C2CCCC2)CCNCC1. The summed E-state index contributed by atoms with van der Waals surface area (Å²) in [4.78, 5) is 14.6. The average Bonchev–Trinajstić information content (AvgIpc) is 2.91. The molecule has 1 heterocycles. The summed E-state index contributed by atoms with van der Waals surface area (Å²) in [5.41, 5.74) is -0.567. The molecule has 1 N–H and O–H groups in total. The van der Waals surface area contributed by atoms with Crippen molar-refractivity contribution in [2.45, 2.75) is 50.2 Å². The second-order valence-corrected chi connectivity index (χ2v) is 5.30. The first-order valence-electron chi connectivity index (χ1n) is 6.73. The van der Waals surface area contributed by atoms with Crippen LogP contribution in [0.1, 0.15) is 38.5 Å². The van der Waals surface area contributed by atoms with E-state index in [0.29, 0.717) is 6.04 Å². The van der Waals surface area contributed by atoms with Gasteiger partial charge in [-0.3, -0.25) is 4.79 Å². The van der Waals surface area contributed by atoms with Crippen LogP contribution >= 0.6 is 0 Å². The van der Waals surface area contributed by atoms with Gasteiger partial charge >= 0.3 is 0 Å². The summed E-state index contributed by atoms with van der Waals surface area (Å²) in [5, 5.41) is 3.29. The monoisotopic (exact) mass is 240 g/mol. The Kier molecular flexibility index (Phi) is 4.05. The van der Waals surface area contributed by atoms with Crippen LogP contribution in [0.25, 0.3) is 0 Å². The second kappa shape index (κ2) is 5.36. The third kappa shape index (κ3) is 2.47. The van der Waals surface area contributed by atoms with Gasteiger partial charge in [0.2, 0.25) is 0 Å². The fourth-order valence-electron chi connectivity index (χ4n) is 3.11. The van der Waals surface area contributed by atoms with Gasteiger partial charge in [0.25, 0.3) is 5.91 Å². The molecular formula is C13H24N2O2. The van der Waals surface area contributed by atoms with Crippen molar-refractivity contribution in [3.63, 3.8) is 0 Å². The molecule has 0 spiro atoms.